The zero-order valence-corrected chi connectivity index (χ0v) is 10.3. The minimum absolute atomic E-state index is 0.0437. The third-order valence-corrected chi connectivity index (χ3v) is 2.99. The predicted molar refractivity (Wildman–Crippen MR) is 65.6 cm³/mol. The van der Waals surface area contributed by atoms with Crippen LogP contribution in [0.3, 0.4) is 0 Å². The molecule has 0 spiro atoms. The summed E-state index contributed by atoms with van der Waals surface area (Å²) in [6, 6.07) is 8.37. The second kappa shape index (κ2) is 5.23. The van der Waals surface area contributed by atoms with Crippen molar-refractivity contribution in [2.24, 2.45) is 0 Å². The zero-order chi connectivity index (χ0) is 12.3. The fraction of sp³-hybridized carbons (Fsp3) is 0.0833. The minimum Gasteiger partial charge on any atom is -0.364 e. The molecule has 2 aromatic rings. The van der Waals surface area contributed by atoms with Crippen molar-refractivity contribution < 1.29 is 8.78 Å². The van der Waals surface area contributed by atoms with Crippen LogP contribution in [0, 0.1) is 11.6 Å². The minimum atomic E-state index is -0.697. The van der Waals surface area contributed by atoms with Gasteiger partial charge in [0.25, 0.3) is 0 Å². The van der Waals surface area contributed by atoms with Gasteiger partial charge in [0.1, 0.15) is 5.82 Å². The van der Waals surface area contributed by atoms with Crippen LogP contribution in [0.5, 0.6) is 0 Å². The molecule has 0 atom stereocenters. The molecule has 5 heteroatoms. The molecule has 0 amide bonds. The molecular formula is C12H9BrF2N2. The largest absolute Gasteiger partial charge is 0.364 e. The van der Waals surface area contributed by atoms with Gasteiger partial charge in [-0.15, -0.1) is 0 Å². The van der Waals surface area contributed by atoms with Crippen LogP contribution in [0.2, 0.25) is 0 Å². The van der Waals surface area contributed by atoms with Gasteiger partial charge in [-0.3, -0.25) is 0 Å². The molecule has 1 aromatic carbocycles. The number of pyridine rings is 1. The predicted octanol–water partition coefficient (Wildman–Crippen LogP) is 3.73. The van der Waals surface area contributed by atoms with Gasteiger partial charge in [-0.05, 0) is 11.6 Å². The van der Waals surface area contributed by atoms with E-state index in [1.807, 2.05) is 24.3 Å². The standard InChI is InChI=1S/C12H9BrF2N2/c13-10-4-2-1-3-8(10)6-16-12-11(15)5-9(14)7-17-12/h1-5,7H,6H2,(H,16,17). The summed E-state index contributed by atoms with van der Waals surface area (Å²) in [5.74, 6) is -1.34. The molecule has 0 radical (unpaired) electrons. The van der Waals surface area contributed by atoms with Crippen LogP contribution in [-0.2, 0) is 6.54 Å². The van der Waals surface area contributed by atoms with E-state index in [0.29, 0.717) is 6.54 Å². The molecule has 0 fully saturated rings. The number of aromatic nitrogens is 1. The van der Waals surface area contributed by atoms with E-state index < -0.39 is 11.6 Å². The Balaban J connectivity index is 2.10. The third-order valence-electron chi connectivity index (χ3n) is 2.21. The van der Waals surface area contributed by atoms with E-state index in [9.17, 15) is 8.78 Å². The monoisotopic (exact) mass is 298 g/mol. The zero-order valence-electron chi connectivity index (χ0n) is 8.75. The SMILES string of the molecule is Fc1cnc(NCc2ccccc2Br)c(F)c1. The van der Waals surface area contributed by atoms with Crippen LogP contribution in [0.15, 0.2) is 41.0 Å². The maximum atomic E-state index is 13.3. The summed E-state index contributed by atoms with van der Waals surface area (Å²) in [4.78, 5) is 3.65. The highest BCUT2D eigenvalue weighted by molar-refractivity contribution is 9.10. The number of hydrogen-bond acceptors (Lipinski definition) is 2. The number of hydrogen-bond donors (Lipinski definition) is 1. The van der Waals surface area contributed by atoms with Crippen molar-refractivity contribution in [1.82, 2.24) is 4.98 Å². The Bertz CT molecular complexity index is 532. The van der Waals surface area contributed by atoms with Crippen molar-refractivity contribution in [3.05, 3.63) is 58.2 Å². The molecule has 0 saturated carbocycles. The van der Waals surface area contributed by atoms with Crippen molar-refractivity contribution in [2.45, 2.75) is 6.54 Å². The molecule has 17 heavy (non-hydrogen) atoms. The molecular weight excluding hydrogens is 290 g/mol. The summed E-state index contributed by atoms with van der Waals surface area (Å²) in [6.45, 7) is 0.414. The van der Waals surface area contributed by atoms with Crippen molar-refractivity contribution in [1.29, 1.82) is 0 Å². The first-order valence-corrected chi connectivity index (χ1v) is 5.74. The Labute approximate surface area is 106 Å². The second-order valence-electron chi connectivity index (χ2n) is 3.43. The number of anilines is 1. The number of nitrogens with zero attached hydrogens (tertiary/aromatic N) is 1. The van der Waals surface area contributed by atoms with Gasteiger partial charge in [0.05, 0.1) is 6.20 Å². The molecule has 2 rings (SSSR count). The molecule has 1 heterocycles. The van der Waals surface area contributed by atoms with E-state index in [2.05, 4.69) is 26.2 Å². The van der Waals surface area contributed by atoms with E-state index in [1.165, 1.54) is 0 Å². The van der Waals surface area contributed by atoms with Crippen LogP contribution in [0.25, 0.3) is 0 Å². The molecule has 1 N–H and O–H groups in total. The first-order valence-electron chi connectivity index (χ1n) is 4.95. The van der Waals surface area contributed by atoms with E-state index in [0.717, 1.165) is 22.3 Å². The van der Waals surface area contributed by atoms with Crippen LogP contribution in [0.4, 0.5) is 14.6 Å². The Morgan fingerprint density at radius 1 is 1.24 bits per heavy atom. The lowest BCUT2D eigenvalue weighted by atomic mass is 10.2. The van der Waals surface area contributed by atoms with Crippen molar-refractivity contribution in [3.63, 3.8) is 0 Å². The van der Waals surface area contributed by atoms with Crippen LogP contribution >= 0.6 is 15.9 Å². The molecule has 0 aliphatic heterocycles. The van der Waals surface area contributed by atoms with Gasteiger partial charge in [0.15, 0.2) is 11.6 Å². The van der Waals surface area contributed by atoms with Gasteiger partial charge in [0.2, 0.25) is 0 Å². The van der Waals surface area contributed by atoms with E-state index in [-0.39, 0.29) is 5.82 Å². The Hall–Kier alpha value is -1.49. The van der Waals surface area contributed by atoms with Crippen molar-refractivity contribution in [2.75, 3.05) is 5.32 Å². The fourth-order valence-corrected chi connectivity index (χ4v) is 1.79. The molecule has 2 nitrogen and oxygen atoms in total. The first kappa shape index (κ1) is 12.0. The van der Waals surface area contributed by atoms with Crippen LogP contribution < -0.4 is 5.32 Å². The smallest absolute Gasteiger partial charge is 0.168 e. The van der Waals surface area contributed by atoms with Gasteiger partial charge >= 0.3 is 0 Å². The van der Waals surface area contributed by atoms with Gasteiger partial charge < -0.3 is 5.32 Å². The van der Waals surface area contributed by atoms with Gasteiger partial charge in [-0.25, -0.2) is 13.8 Å². The number of halogens is 3. The highest BCUT2D eigenvalue weighted by Crippen LogP contribution is 2.18. The first-order chi connectivity index (χ1) is 8.16. The van der Waals surface area contributed by atoms with Crippen LogP contribution in [0.1, 0.15) is 5.56 Å². The molecule has 0 bridgehead atoms. The summed E-state index contributed by atoms with van der Waals surface area (Å²) in [5.41, 5.74) is 0.970. The average molecular weight is 299 g/mol. The molecule has 0 aliphatic carbocycles. The number of benzene rings is 1. The Morgan fingerprint density at radius 2 is 2.00 bits per heavy atom. The quantitative estimate of drug-likeness (QED) is 0.934. The summed E-state index contributed by atoms with van der Waals surface area (Å²) < 4.78 is 26.8. The molecule has 0 saturated heterocycles. The van der Waals surface area contributed by atoms with Crippen molar-refractivity contribution in [3.8, 4) is 0 Å². The van der Waals surface area contributed by atoms with Crippen LogP contribution in [-0.4, -0.2) is 4.98 Å². The summed E-state index contributed by atoms with van der Waals surface area (Å²) in [6.07, 6.45) is 0.978. The van der Waals surface area contributed by atoms with E-state index in [1.54, 1.807) is 0 Å². The molecule has 1 aromatic heterocycles. The van der Waals surface area contributed by atoms with Gasteiger partial charge in [-0.2, -0.15) is 0 Å². The fourth-order valence-electron chi connectivity index (χ4n) is 1.37. The van der Waals surface area contributed by atoms with Crippen molar-refractivity contribution >= 4 is 21.7 Å². The van der Waals surface area contributed by atoms with E-state index >= 15 is 0 Å². The molecule has 88 valence electrons. The maximum absolute atomic E-state index is 13.3. The highest BCUT2D eigenvalue weighted by Gasteiger charge is 2.05. The normalized spacial score (nSPS) is 10.3. The maximum Gasteiger partial charge on any atom is 0.168 e. The van der Waals surface area contributed by atoms with Gasteiger partial charge in [-0.1, -0.05) is 34.1 Å². The third kappa shape index (κ3) is 3.00. The summed E-state index contributed by atoms with van der Waals surface area (Å²) in [7, 11) is 0. The topological polar surface area (TPSA) is 24.9 Å². The lowest BCUT2D eigenvalue weighted by Crippen LogP contribution is -2.04. The number of nitrogens with one attached hydrogen (secondary N) is 1. The molecule has 0 aliphatic rings. The summed E-state index contributed by atoms with van der Waals surface area (Å²) in [5, 5.41) is 2.81. The Kier molecular flexibility index (Phi) is 3.68. The second-order valence-corrected chi connectivity index (χ2v) is 4.28. The lowest BCUT2D eigenvalue weighted by Gasteiger charge is -2.07. The molecule has 0 unspecified atom stereocenters. The van der Waals surface area contributed by atoms with E-state index in [4.69, 9.17) is 0 Å². The van der Waals surface area contributed by atoms with Gasteiger partial charge in [0, 0.05) is 17.1 Å². The summed E-state index contributed by atoms with van der Waals surface area (Å²) >= 11 is 3.39. The average Bonchev–Trinajstić information content (AvgIpc) is 2.30. The highest BCUT2D eigenvalue weighted by atomic mass is 79.9. The number of rotatable bonds is 3. The Morgan fingerprint density at radius 3 is 2.71 bits per heavy atom. The lowest BCUT2D eigenvalue weighted by molar-refractivity contribution is 0.575.